The van der Waals surface area contributed by atoms with Gasteiger partial charge in [0.25, 0.3) is 0 Å². The second-order valence-corrected chi connectivity index (χ2v) is 9.12. The number of amides is 4. The molecule has 3 rings (SSSR count). The summed E-state index contributed by atoms with van der Waals surface area (Å²) in [5.74, 6) is -2.83. The van der Waals surface area contributed by atoms with Crippen molar-refractivity contribution < 1.29 is 43.9 Å². The summed E-state index contributed by atoms with van der Waals surface area (Å²) in [4.78, 5) is 63.1. The summed E-state index contributed by atoms with van der Waals surface area (Å²) < 4.78 is 5.09. The third-order valence-electron chi connectivity index (χ3n) is 6.12. The van der Waals surface area contributed by atoms with E-state index in [9.17, 15) is 29.1 Å². The van der Waals surface area contributed by atoms with Crippen molar-refractivity contribution in [3.8, 4) is 0 Å². The van der Waals surface area contributed by atoms with Gasteiger partial charge >= 0.3 is 19.7 Å². The van der Waals surface area contributed by atoms with Gasteiger partial charge in [0.15, 0.2) is 0 Å². The fourth-order valence-electron chi connectivity index (χ4n) is 4.08. The van der Waals surface area contributed by atoms with Crippen molar-refractivity contribution in [2.75, 3.05) is 13.1 Å². The quantitative estimate of drug-likeness (QED) is 0.192. The lowest BCUT2D eigenvalue weighted by molar-refractivity contribution is -0.142. The summed E-state index contributed by atoms with van der Waals surface area (Å²) >= 11 is 0. The number of likely N-dealkylation sites (tertiary alicyclic amines) is 1. The SMILES string of the molecule is CC(NC(=O)C1CCCN1C(=O)CNC(=O)OCc1ccccc1)C(=O)NC(Cc1ccccc1)C(=O)O.OBO. The Morgan fingerprint density at radius 2 is 1.56 bits per heavy atom. The van der Waals surface area contributed by atoms with Crippen molar-refractivity contribution in [1.29, 1.82) is 0 Å². The predicted molar refractivity (Wildman–Crippen MR) is 148 cm³/mol. The van der Waals surface area contributed by atoms with E-state index in [4.69, 9.17) is 14.8 Å². The molecule has 4 amide bonds. The van der Waals surface area contributed by atoms with E-state index in [-0.39, 0.29) is 19.6 Å². The molecular formula is C27H35BN4O9. The first-order valence-corrected chi connectivity index (χ1v) is 13.0. The van der Waals surface area contributed by atoms with Crippen LogP contribution in [0.15, 0.2) is 60.7 Å². The minimum atomic E-state index is -1.19. The summed E-state index contributed by atoms with van der Waals surface area (Å²) in [6.07, 6.45) is 0.321. The molecule has 1 saturated heterocycles. The molecule has 3 unspecified atom stereocenters. The van der Waals surface area contributed by atoms with Crippen LogP contribution in [0.3, 0.4) is 0 Å². The molecule has 220 valence electrons. The zero-order valence-corrected chi connectivity index (χ0v) is 22.7. The van der Waals surface area contributed by atoms with E-state index in [1.165, 1.54) is 11.8 Å². The molecule has 0 aromatic heterocycles. The number of hydrogen-bond donors (Lipinski definition) is 6. The van der Waals surface area contributed by atoms with Gasteiger partial charge in [0.1, 0.15) is 31.3 Å². The maximum atomic E-state index is 12.9. The van der Waals surface area contributed by atoms with Crippen molar-refractivity contribution in [3.63, 3.8) is 0 Å². The van der Waals surface area contributed by atoms with Crippen molar-refractivity contribution in [1.82, 2.24) is 20.9 Å². The van der Waals surface area contributed by atoms with E-state index in [0.717, 1.165) is 11.1 Å². The van der Waals surface area contributed by atoms with Crippen LogP contribution in [0.1, 0.15) is 30.9 Å². The first-order chi connectivity index (χ1) is 19.7. The molecule has 2 aromatic rings. The van der Waals surface area contributed by atoms with Gasteiger partial charge in [0, 0.05) is 13.0 Å². The number of hydrogen-bond acceptors (Lipinski definition) is 8. The Balaban J connectivity index is 0.00000187. The summed E-state index contributed by atoms with van der Waals surface area (Å²) in [6, 6.07) is 15.0. The number of carboxylic acids is 1. The number of rotatable bonds is 11. The Morgan fingerprint density at radius 3 is 2.15 bits per heavy atom. The van der Waals surface area contributed by atoms with Gasteiger partial charge in [-0.15, -0.1) is 0 Å². The lowest BCUT2D eigenvalue weighted by Gasteiger charge is -2.26. The number of carbonyl (C=O) groups is 5. The van der Waals surface area contributed by atoms with Gasteiger partial charge in [0.05, 0.1) is 0 Å². The van der Waals surface area contributed by atoms with Gasteiger partial charge in [-0.1, -0.05) is 60.7 Å². The molecule has 0 saturated carbocycles. The van der Waals surface area contributed by atoms with Crippen LogP contribution < -0.4 is 16.0 Å². The number of carboxylic acid groups (broad SMARTS) is 1. The first kappa shape index (κ1) is 32.8. The normalized spacial score (nSPS) is 15.3. The standard InChI is InChI=1S/C27H32N4O7.BH3O2/c1-18(24(33)30-21(26(35)36)15-19-9-4-2-5-10-19)29-25(34)22-13-8-14-31(22)23(32)16-28-27(37)38-17-20-11-6-3-7-12-20;2-1-3/h2-7,9-12,18,21-22H,8,13-17H2,1H3,(H,28,37)(H,29,34)(H,30,33)(H,35,36);1-3H. The summed E-state index contributed by atoms with van der Waals surface area (Å²) in [5, 5.41) is 31.2. The number of carbonyl (C=O) groups excluding carboxylic acids is 4. The second kappa shape index (κ2) is 17.3. The molecule has 1 aliphatic heterocycles. The Morgan fingerprint density at radius 1 is 0.976 bits per heavy atom. The molecule has 13 nitrogen and oxygen atoms in total. The van der Waals surface area contributed by atoms with E-state index in [1.807, 2.05) is 18.2 Å². The fraction of sp³-hybridized carbons (Fsp3) is 0.370. The maximum Gasteiger partial charge on any atom is 0.432 e. The van der Waals surface area contributed by atoms with Crippen LogP contribution >= 0.6 is 0 Å². The average Bonchev–Trinajstić information content (AvgIpc) is 3.46. The molecule has 2 aromatic carbocycles. The van der Waals surface area contributed by atoms with Gasteiger partial charge in [-0.2, -0.15) is 0 Å². The van der Waals surface area contributed by atoms with E-state index in [2.05, 4.69) is 16.0 Å². The Hall–Kier alpha value is -4.43. The number of benzene rings is 2. The summed E-state index contributed by atoms with van der Waals surface area (Å²) in [7, 11) is -0.750. The minimum Gasteiger partial charge on any atom is -0.480 e. The van der Waals surface area contributed by atoms with Crippen LogP contribution in [0.5, 0.6) is 0 Å². The van der Waals surface area contributed by atoms with E-state index >= 15 is 0 Å². The van der Waals surface area contributed by atoms with Gasteiger partial charge in [0.2, 0.25) is 17.7 Å². The molecule has 1 heterocycles. The molecule has 6 N–H and O–H groups in total. The van der Waals surface area contributed by atoms with Gasteiger partial charge in [-0.25, -0.2) is 9.59 Å². The average molecular weight is 570 g/mol. The highest BCUT2D eigenvalue weighted by molar-refractivity contribution is 6.13. The lowest BCUT2D eigenvalue weighted by Crippen LogP contribution is -2.55. The molecule has 1 fully saturated rings. The van der Waals surface area contributed by atoms with Crippen LogP contribution in [0.25, 0.3) is 0 Å². The van der Waals surface area contributed by atoms with Crippen molar-refractivity contribution in [2.24, 2.45) is 0 Å². The molecule has 14 heteroatoms. The number of alkyl carbamates (subject to hydrolysis) is 1. The molecule has 41 heavy (non-hydrogen) atoms. The third-order valence-corrected chi connectivity index (χ3v) is 6.12. The summed E-state index contributed by atoms with van der Waals surface area (Å²) in [5.41, 5.74) is 1.55. The highest BCUT2D eigenvalue weighted by Crippen LogP contribution is 2.17. The number of aliphatic carboxylic acids is 1. The molecule has 0 aliphatic carbocycles. The van der Waals surface area contributed by atoms with Crippen molar-refractivity contribution in [2.45, 2.75) is 50.9 Å². The lowest BCUT2D eigenvalue weighted by atomic mass is 10.1. The van der Waals surface area contributed by atoms with Crippen LogP contribution in [-0.2, 0) is 36.9 Å². The van der Waals surface area contributed by atoms with E-state index in [0.29, 0.717) is 19.4 Å². The Bertz CT molecular complexity index is 1150. The topological polar surface area (TPSA) is 195 Å². The molecule has 0 radical (unpaired) electrons. The van der Waals surface area contributed by atoms with E-state index in [1.54, 1.807) is 42.5 Å². The molecule has 3 atom stereocenters. The van der Waals surface area contributed by atoms with Gasteiger partial charge in [-0.05, 0) is 30.9 Å². The highest BCUT2D eigenvalue weighted by atomic mass is 16.5. The first-order valence-electron chi connectivity index (χ1n) is 13.0. The minimum absolute atomic E-state index is 0.0592. The maximum absolute atomic E-state index is 12.9. The van der Waals surface area contributed by atoms with Crippen LogP contribution in [0.2, 0.25) is 0 Å². The highest BCUT2D eigenvalue weighted by Gasteiger charge is 2.35. The predicted octanol–water partition coefficient (Wildman–Crippen LogP) is -0.542. The van der Waals surface area contributed by atoms with Crippen LogP contribution in [0.4, 0.5) is 4.79 Å². The number of nitrogens with zero attached hydrogens (tertiary/aromatic N) is 1. The smallest absolute Gasteiger partial charge is 0.432 e. The monoisotopic (exact) mass is 570 g/mol. The summed E-state index contributed by atoms with van der Waals surface area (Å²) in [6.45, 7) is 1.49. The largest absolute Gasteiger partial charge is 0.480 e. The zero-order valence-electron chi connectivity index (χ0n) is 22.7. The second-order valence-electron chi connectivity index (χ2n) is 9.12. The molecule has 0 bridgehead atoms. The van der Waals surface area contributed by atoms with Crippen LogP contribution in [0, 0.1) is 0 Å². The van der Waals surface area contributed by atoms with Gasteiger partial charge < -0.3 is 40.7 Å². The van der Waals surface area contributed by atoms with E-state index < -0.39 is 55.6 Å². The van der Waals surface area contributed by atoms with Gasteiger partial charge in [-0.3, -0.25) is 14.4 Å². The number of ether oxygens (including phenoxy) is 1. The van der Waals surface area contributed by atoms with Crippen molar-refractivity contribution >= 4 is 37.5 Å². The van der Waals surface area contributed by atoms with Crippen molar-refractivity contribution in [3.05, 3.63) is 71.8 Å². The molecule has 1 aliphatic rings. The molecular weight excluding hydrogens is 535 g/mol. The van der Waals surface area contributed by atoms with Crippen LogP contribution in [-0.4, -0.2) is 88.7 Å². The number of nitrogens with one attached hydrogen (secondary N) is 3. The third kappa shape index (κ3) is 11.3. The Labute approximate surface area is 238 Å². The molecule has 0 spiro atoms. The Kier molecular flexibility index (Phi) is 13.8. The fourth-order valence-corrected chi connectivity index (χ4v) is 4.08. The zero-order chi connectivity index (χ0) is 30.2.